The van der Waals surface area contributed by atoms with Crippen LogP contribution in [0.5, 0.6) is 5.75 Å². The Labute approximate surface area is 203 Å². The van der Waals surface area contributed by atoms with Crippen molar-refractivity contribution in [3.8, 4) is 5.75 Å². The average molecular weight is 575 g/mol. The number of hydrogen-bond acceptors (Lipinski definition) is 2. The van der Waals surface area contributed by atoms with Crippen molar-refractivity contribution in [2.24, 2.45) is 4.99 Å². The van der Waals surface area contributed by atoms with Crippen molar-refractivity contribution in [3.63, 3.8) is 0 Å². The van der Waals surface area contributed by atoms with Crippen molar-refractivity contribution in [2.45, 2.75) is 40.5 Å². The summed E-state index contributed by atoms with van der Waals surface area (Å²) in [6, 6.07) is 19.9. The number of halogens is 2. The van der Waals surface area contributed by atoms with Crippen LogP contribution in [0.4, 0.5) is 5.69 Å². The Bertz CT molecular complexity index is 933. The van der Waals surface area contributed by atoms with Crippen molar-refractivity contribution in [1.29, 1.82) is 0 Å². The molecule has 0 saturated carbocycles. The Morgan fingerprint density at radius 2 is 1.47 bits per heavy atom. The minimum absolute atomic E-state index is 0.244. The van der Waals surface area contributed by atoms with Gasteiger partial charge >= 0.3 is 27.0 Å². The summed E-state index contributed by atoms with van der Waals surface area (Å²) >= 11 is 5.29. The van der Waals surface area contributed by atoms with Crippen molar-refractivity contribution < 1.29 is 22.4 Å². The molecule has 2 nitrogen and oxygen atoms in total. The van der Waals surface area contributed by atoms with Crippen LogP contribution in [0.3, 0.4) is 0 Å². The molecule has 0 spiro atoms. The molecule has 5 heteroatoms. The van der Waals surface area contributed by atoms with E-state index in [9.17, 15) is 5.11 Å². The van der Waals surface area contributed by atoms with Crippen LogP contribution in [0.25, 0.3) is 0 Å². The van der Waals surface area contributed by atoms with Gasteiger partial charge in [0.15, 0.2) is 0 Å². The fraction of sp³-hybridized carbons (Fsp3) is 0.240. The third kappa shape index (κ3) is 8.72. The topological polar surface area (TPSA) is 32.6 Å². The standard InChI is InChI=1S/C15H14BrNO.C10H14.ClH.Ru/c1-10-7-13(16)8-11(2)15(10)17-9-12-5-3-4-6-14(12)18;1-8(2)10-6-4-9(3)5-7-10;;/h3-9,18H,1-2H3;4-8H,1-3H3;1H;/q;;;+1/p-1. The van der Waals surface area contributed by atoms with Crippen molar-refractivity contribution in [2.75, 3.05) is 0 Å². The van der Waals surface area contributed by atoms with E-state index in [4.69, 9.17) is 0 Å². The molecule has 0 heterocycles. The van der Waals surface area contributed by atoms with Gasteiger partial charge in [0, 0.05) is 16.3 Å². The number of nitrogens with zero attached hydrogens (tertiary/aromatic N) is 1. The van der Waals surface area contributed by atoms with E-state index in [1.165, 1.54) is 11.1 Å². The molecule has 1 N–H and O–H groups in total. The molecule has 0 aliphatic heterocycles. The van der Waals surface area contributed by atoms with E-state index in [0.717, 1.165) is 26.9 Å². The van der Waals surface area contributed by atoms with Crippen LogP contribution in [0.2, 0.25) is 0 Å². The van der Waals surface area contributed by atoms with E-state index in [0.29, 0.717) is 5.92 Å². The van der Waals surface area contributed by atoms with Crippen LogP contribution in [0, 0.1) is 20.8 Å². The Morgan fingerprint density at radius 1 is 0.933 bits per heavy atom. The van der Waals surface area contributed by atoms with E-state index in [1.807, 2.05) is 55.4 Å². The molecule has 0 saturated heterocycles. The summed E-state index contributed by atoms with van der Waals surface area (Å²) in [5.41, 5.74) is 6.64. The number of aromatic hydroxyl groups is 1. The number of aliphatic imine (C=N–C) groups is 1. The Kier molecular flexibility index (Phi) is 12.2. The third-order valence-corrected chi connectivity index (χ3v) is 4.93. The molecule has 3 aromatic carbocycles. The number of para-hydroxylation sites is 1. The average Bonchev–Trinajstić information content (AvgIpc) is 2.71. The fourth-order valence-corrected chi connectivity index (χ4v) is 3.48. The molecule has 0 bridgehead atoms. The summed E-state index contributed by atoms with van der Waals surface area (Å²) < 4.78 is 1.05. The van der Waals surface area contributed by atoms with Crippen molar-refractivity contribution in [1.82, 2.24) is 0 Å². The molecule has 0 atom stereocenters. The van der Waals surface area contributed by atoms with Gasteiger partial charge in [0.05, 0.1) is 5.69 Å². The molecule has 161 valence electrons. The molecule has 0 fully saturated rings. The van der Waals surface area contributed by atoms with E-state index in [1.54, 1.807) is 18.3 Å². The molecular formula is C25H28BrClNORu. The molecule has 0 radical (unpaired) electrons. The SMILES string of the molecule is Cc1cc(Br)cc(C)c1N=Cc1ccccc1O.Cc1ccc(C(C)C)cc1.[Cl][Ru]. The van der Waals surface area contributed by atoms with Crippen LogP contribution >= 0.6 is 25.6 Å². The molecule has 3 rings (SSSR count). The summed E-state index contributed by atoms with van der Waals surface area (Å²) in [5.74, 6) is 0.897. The van der Waals surface area contributed by atoms with Crippen molar-refractivity contribution >= 4 is 37.5 Å². The van der Waals surface area contributed by atoms with Gasteiger partial charge in [-0.2, -0.15) is 0 Å². The summed E-state index contributed by atoms with van der Waals surface area (Å²) in [4.78, 5) is 4.47. The Hall–Kier alpha value is -1.48. The predicted octanol–water partition coefficient (Wildman–Crippen LogP) is 8.33. The van der Waals surface area contributed by atoms with E-state index < -0.39 is 0 Å². The summed E-state index contributed by atoms with van der Waals surface area (Å²) in [6.07, 6.45) is 1.69. The summed E-state index contributed by atoms with van der Waals surface area (Å²) in [5, 5.41) is 9.67. The zero-order chi connectivity index (χ0) is 22.7. The zero-order valence-corrected chi connectivity index (χ0v) is 22.0. The second-order valence-electron chi connectivity index (χ2n) is 7.27. The maximum atomic E-state index is 9.67. The first kappa shape index (κ1) is 26.6. The fourth-order valence-electron chi connectivity index (χ4n) is 2.79. The predicted molar refractivity (Wildman–Crippen MR) is 130 cm³/mol. The van der Waals surface area contributed by atoms with E-state index >= 15 is 0 Å². The van der Waals surface area contributed by atoms with Crippen LogP contribution in [0.15, 0.2) is 70.1 Å². The molecule has 0 amide bonds. The Balaban J connectivity index is 0.000000318. The number of aryl methyl sites for hydroxylation is 3. The molecule has 0 aliphatic carbocycles. The summed E-state index contributed by atoms with van der Waals surface area (Å²) in [7, 11) is 4.57. The van der Waals surface area contributed by atoms with Gasteiger partial charge in [0.1, 0.15) is 5.75 Å². The monoisotopic (exact) mass is 574 g/mol. The number of phenolic OH excluding ortho intramolecular Hbond substituents is 1. The number of rotatable bonds is 3. The van der Waals surface area contributed by atoms with Gasteiger partial charge in [0.25, 0.3) is 0 Å². The zero-order valence-electron chi connectivity index (χ0n) is 17.9. The second kappa shape index (κ2) is 13.8. The number of benzene rings is 3. The van der Waals surface area contributed by atoms with Gasteiger partial charge < -0.3 is 5.11 Å². The number of phenols is 1. The second-order valence-corrected chi connectivity index (χ2v) is 8.19. The van der Waals surface area contributed by atoms with Gasteiger partial charge in [-0.15, -0.1) is 0 Å². The van der Waals surface area contributed by atoms with Crippen molar-refractivity contribution in [3.05, 3.63) is 93.0 Å². The Morgan fingerprint density at radius 3 is 1.97 bits per heavy atom. The molecule has 0 aliphatic rings. The van der Waals surface area contributed by atoms with Gasteiger partial charge in [-0.25, -0.2) is 0 Å². The van der Waals surface area contributed by atoms with Gasteiger partial charge in [-0.3, -0.25) is 4.99 Å². The first-order chi connectivity index (χ1) is 14.3. The third-order valence-electron chi connectivity index (χ3n) is 4.47. The molecular weight excluding hydrogens is 547 g/mol. The van der Waals surface area contributed by atoms with Gasteiger partial charge in [0.2, 0.25) is 0 Å². The molecule has 3 aromatic rings. The van der Waals surface area contributed by atoms with Gasteiger partial charge in [-0.05, 0) is 67.6 Å². The van der Waals surface area contributed by atoms with Crippen LogP contribution in [-0.4, -0.2) is 11.3 Å². The van der Waals surface area contributed by atoms with Crippen LogP contribution < -0.4 is 0 Å². The number of hydrogen-bond donors (Lipinski definition) is 1. The molecule has 0 unspecified atom stereocenters. The van der Waals surface area contributed by atoms with E-state index in [-0.39, 0.29) is 5.75 Å². The van der Waals surface area contributed by atoms with Crippen LogP contribution in [-0.2, 0) is 17.3 Å². The van der Waals surface area contributed by atoms with Crippen LogP contribution in [0.1, 0.15) is 47.6 Å². The normalized spacial score (nSPS) is 10.3. The first-order valence-corrected chi connectivity index (χ1v) is 12.6. The molecule has 30 heavy (non-hydrogen) atoms. The van der Waals surface area contributed by atoms with Gasteiger partial charge in [-0.1, -0.05) is 71.7 Å². The quantitative estimate of drug-likeness (QED) is 0.248. The maximum absolute atomic E-state index is 9.67. The first-order valence-electron chi connectivity index (χ1n) is 9.56. The summed E-state index contributed by atoms with van der Waals surface area (Å²) in [6.45, 7) is 10.6. The minimum atomic E-state index is 0.244. The van der Waals surface area contributed by atoms with E-state index in [2.05, 4.69) is 75.7 Å². The molecule has 0 aromatic heterocycles.